The third-order valence-corrected chi connectivity index (χ3v) is 6.23. The minimum absolute atomic E-state index is 0.00606. The van der Waals surface area contributed by atoms with Crippen LogP contribution in [0.5, 0.6) is 0 Å². The first-order valence-corrected chi connectivity index (χ1v) is 8.24. The number of halogens is 1. The molecule has 1 amide bonds. The molecule has 0 aliphatic heterocycles. The summed E-state index contributed by atoms with van der Waals surface area (Å²) >= 11 is 3.95. The van der Waals surface area contributed by atoms with Gasteiger partial charge in [0.2, 0.25) is 5.91 Å². The molecule has 0 heterocycles. The van der Waals surface area contributed by atoms with E-state index in [4.69, 9.17) is 0 Å². The van der Waals surface area contributed by atoms with Crippen LogP contribution >= 0.6 is 15.9 Å². The van der Waals surface area contributed by atoms with E-state index in [0.717, 1.165) is 18.3 Å². The Hall–Kier alpha value is -0.580. The third-order valence-electron chi connectivity index (χ3n) is 5.30. The molecule has 4 fully saturated rings. The summed E-state index contributed by atoms with van der Waals surface area (Å²) in [4.78, 5) is 23.2. The Morgan fingerprint density at radius 1 is 1.25 bits per heavy atom. The monoisotopic (exact) mass is 343 g/mol. The third kappa shape index (κ3) is 2.74. The van der Waals surface area contributed by atoms with Crippen molar-refractivity contribution in [1.82, 2.24) is 5.32 Å². The van der Waals surface area contributed by atoms with Crippen LogP contribution in [-0.2, 0) is 14.3 Å². The number of carbonyl (C=O) groups is 2. The van der Waals surface area contributed by atoms with E-state index in [0.29, 0.717) is 6.42 Å². The zero-order chi connectivity index (χ0) is 14.4. The maximum absolute atomic E-state index is 12.1. The highest BCUT2D eigenvalue weighted by Gasteiger charge is 2.57. The molecular formula is C15H22BrNO3. The second-order valence-corrected chi connectivity index (χ2v) is 8.82. The van der Waals surface area contributed by atoms with Crippen LogP contribution in [-0.4, -0.2) is 29.9 Å². The molecule has 0 unspecified atom stereocenters. The predicted octanol–water partition coefficient (Wildman–Crippen LogP) is 2.40. The molecule has 0 aromatic rings. The molecule has 4 bridgehead atoms. The fraction of sp³-hybridized carbons (Fsp3) is 0.867. The lowest BCUT2D eigenvalue weighted by atomic mass is 9.48. The Kier molecular flexibility index (Phi) is 3.59. The fourth-order valence-electron chi connectivity index (χ4n) is 5.19. The highest BCUT2D eigenvalue weighted by Crippen LogP contribution is 2.65. The van der Waals surface area contributed by atoms with Crippen LogP contribution < -0.4 is 5.32 Å². The van der Waals surface area contributed by atoms with Gasteiger partial charge in [-0.15, -0.1) is 0 Å². The minimum Gasteiger partial charge on any atom is -0.468 e. The molecule has 0 radical (unpaired) electrons. The Labute approximate surface area is 128 Å². The van der Waals surface area contributed by atoms with E-state index in [2.05, 4.69) is 26.0 Å². The summed E-state index contributed by atoms with van der Waals surface area (Å²) in [5.74, 6) is 1.17. The van der Waals surface area contributed by atoms with Gasteiger partial charge in [-0.25, -0.2) is 0 Å². The Balaban J connectivity index is 1.62. The molecule has 5 heteroatoms. The van der Waals surface area contributed by atoms with Gasteiger partial charge in [-0.1, -0.05) is 15.9 Å². The summed E-state index contributed by atoms with van der Waals surface area (Å²) in [6, 6.07) is 0. The molecule has 0 spiro atoms. The van der Waals surface area contributed by atoms with Gasteiger partial charge in [-0.05, 0) is 55.8 Å². The van der Waals surface area contributed by atoms with Gasteiger partial charge in [0.1, 0.15) is 6.54 Å². The number of amides is 1. The van der Waals surface area contributed by atoms with E-state index in [9.17, 15) is 9.59 Å². The van der Waals surface area contributed by atoms with E-state index in [-0.39, 0.29) is 28.2 Å². The first-order chi connectivity index (χ1) is 9.42. The summed E-state index contributed by atoms with van der Waals surface area (Å²) in [7, 11) is 1.34. The van der Waals surface area contributed by atoms with Crippen LogP contribution in [0, 0.1) is 17.3 Å². The normalized spacial score (nSPS) is 41.5. The molecule has 4 nitrogen and oxygen atoms in total. The van der Waals surface area contributed by atoms with Gasteiger partial charge in [0.25, 0.3) is 0 Å². The molecular weight excluding hydrogens is 322 g/mol. The topological polar surface area (TPSA) is 55.4 Å². The fourth-order valence-corrected chi connectivity index (χ4v) is 6.70. The SMILES string of the molecule is COC(=O)CNC(=O)CC12C[C@H]3C[C@@H](CC(Br)(C3)C1)C2. The maximum Gasteiger partial charge on any atom is 0.325 e. The minimum atomic E-state index is -0.388. The molecule has 4 rings (SSSR count). The summed E-state index contributed by atoms with van der Waals surface area (Å²) in [6.07, 6.45) is 7.93. The predicted molar refractivity (Wildman–Crippen MR) is 78.4 cm³/mol. The summed E-state index contributed by atoms with van der Waals surface area (Å²) in [5, 5.41) is 2.69. The average Bonchev–Trinajstić information content (AvgIpc) is 2.32. The van der Waals surface area contributed by atoms with Crippen molar-refractivity contribution in [2.45, 2.75) is 49.3 Å². The number of carbonyl (C=O) groups excluding carboxylic acids is 2. The van der Waals surface area contributed by atoms with E-state index in [1.54, 1.807) is 0 Å². The Morgan fingerprint density at radius 2 is 1.90 bits per heavy atom. The Morgan fingerprint density at radius 3 is 2.45 bits per heavy atom. The lowest BCUT2D eigenvalue weighted by molar-refractivity contribution is -0.142. The van der Waals surface area contributed by atoms with Crippen molar-refractivity contribution in [3.63, 3.8) is 0 Å². The van der Waals surface area contributed by atoms with E-state index in [1.807, 2.05) is 0 Å². The van der Waals surface area contributed by atoms with Gasteiger partial charge in [0, 0.05) is 10.7 Å². The summed E-state index contributed by atoms with van der Waals surface area (Å²) in [6.45, 7) is -0.0161. The number of hydrogen-bond donors (Lipinski definition) is 1. The largest absolute Gasteiger partial charge is 0.468 e. The molecule has 1 N–H and O–H groups in total. The van der Waals surface area contributed by atoms with Gasteiger partial charge in [-0.2, -0.15) is 0 Å². The lowest BCUT2D eigenvalue weighted by Crippen LogP contribution is -2.54. The number of nitrogens with one attached hydrogen (secondary N) is 1. The first kappa shape index (κ1) is 14.4. The number of alkyl halides is 1. The summed E-state index contributed by atoms with van der Waals surface area (Å²) < 4.78 is 4.83. The lowest BCUT2D eigenvalue weighted by Gasteiger charge is -2.60. The molecule has 2 atom stereocenters. The molecule has 0 aromatic carbocycles. The van der Waals surface area contributed by atoms with E-state index < -0.39 is 0 Å². The molecule has 0 saturated heterocycles. The van der Waals surface area contributed by atoms with Crippen molar-refractivity contribution in [3.05, 3.63) is 0 Å². The van der Waals surface area contributed by atoms with Crippen LogP contribution in [0.15, 0.2) is 0 Å². The van der Waals surface area contributed by atoms with Crippen molar-refractivity contribution < 1.29 is 14.3 Å². The number of esters is 1. The molecule has 20 heavy (non-hydrogen) atoms. The highest BCUT2D eigenvalue weighted by atomic mass is 79.9. The maximum atomic E-state index is 12.1. The standard InChI is InChI=1S/C15H22BrNO3/c1-20-13(19)8-17-12(18)7-14-3-10-2-11(4-14)6-15(16,5-10)9-14/h10-11H,2-9H2,1H3,(H,17,18)/t10-,11-,14?,15?/m1/s1. The van der Waals surface area contributed by atoms with E-state index >= 15 is 0 Å². The molecule has 112 valence electrons. The van der Waals surface area contributed by atoms with Crippen molar-refractivity contribution in [1.29, 1.82) is 0 Å². The number of rotatable bonds is 4. The van der Waals surface area contributed by atoms with Crippen molar-refractivity contribution >= 4 is 27.8 Å². The zero-order valence-corrected chi connectivity index (χ0v) is 13.5. The molecule has 4 aliphatic carbocycles. The average molecular weight is 344 g/mol. The number of hydrogen-bond acceptors (Lipinski definition) is 3. The van der Waals surface area contributed by atoms with Gasteiger partial charge in [-0.3, -0.25) is 9.59 Å². The highest BCUT2D eigenvalue weighted by molar-refractivity contribution is 9.10. The van der Waals surface area contributed by atoms with Crippen LogP contribution in [0.1, 0.15) is 44.9 Å². The van der Waals surface area contributed by atoms with E-state index in [1.165, 1.54) is 39.2 Å². The number of ether oxygens (including phenoxy) is 1. The van der Waals surface area contributed by atoms with Crippen LogP contribution in [0.25, 0.3) is 0 Å². The van der Waals surface area contributed by atoms with Crippen molar-refractivity contribution in [2.75, 3.05) is 13.7 Å². The van der Waals surface area contributed by atoms with Crippen LogP contribution in [0.3, 0.4) is 0 Å². The first-order valence-electron chi connectivity index (χ1n) is 7.44. The zero-order valence-electron chi connectivity index (χ0n) is 11.9. The number of methoxy groups -OCH3 is 1. The second kappa shape index (κ2) is 5.00. The van der Waals surface area contributed by atoms with Crippen molar-refractivity contribution in [3.8, 4) is 0 Å². The molecule has 4 saturated carbocycles. The summed E-state index contributed by atoms with van der Waals surface area (Å²) in [5.41, 5.74) is 0.161. The Bertz CT molecular complexity index is 423. The smallest absolute Gasteiger partial charge is 0.325 e. The van der Waals surface area contributed by atoms with Crippen molar-refractivity contribution in [2.24, 2.45) is 17.3 Å². The van der Waals surface area contributed by atoms with Gasteiger partial charge in [0.05, 0.1) is 7.11 Å². The van der Waals surface area contributed by atoms with Crippen LogP contribution in [0.4, 0.5) is 0 Å². The molecule has 0 aromatic heterocycles. The van der Waals surface area contributed by atoms with Gasteiger partial charge < -0.3 is 10.1 Å². The van der Waals surface area contributed by atoms with Gasteiger partial charge >= 0.3 is 5.97 Å². The van der Waals surface area contributed by atoms with Gasteiger partial charge in [0.15, 0.2) is 0 Å². The quantitative estimate of drug-likeness (QED) is 0.629. The van der Waals surface area contributed by atoms with Crippen LogP contribution in [0.2, 0.25) is 0 Å². The second-order valence-electron chi connectivity index (χ2n) is 7.14. The molecule has 4 aliphatic rings.